The van der Waals surface area contributed by atoms with Gasteiger partial charge in [-0.1, -0.05) is 13.8 Å². The molecule has 0 spiro atoms. The van der Waals surface area contributed by atoms with Crippen molar-refractivity contribution in [3.8, 4) is 0 Å². The minimum atomic E-state index is 0.201. The summed E-state index contributed by atoms with van der Waals surface area (Å²) in [6.07, 6.45) is 4.92. The fourth-order valence-corrected chi connectivity index (χ4v) is 1.56. The number of ketones is 1. The van der Waals surface area contributed by atoms with E-state index in [1.807, 2.05) is 37.1 Å². The van der Waals surface area contributed by atoms with Crippen molar-refractivity contribution in [3.05, 3.63) is 24.0 Å². The van der Waals surface area contributed by atoms with Gasteiger partial charge in [-0.2, -0.15) is 0 Å². The third kappa shape index (κ3) is 4.19. The van der Waals surface area contributed by atoms with Crippen molar-refractivity contribution in [1.82, 2.24) is 9.47 Å². The van der Waals surface area contributed by atoms with Gasteiger partial charge in [-0.25, -0.2) is 0 Å². The van der Waals surface area contributed by atoms with E-state index in [2.05, 4.69) is 18.7 Å². The average Bonchev–Trinajstić information content (AvgIpc) is 2.62. The van der Waals surface area contributed by atoms with Crippen LogP contribution in [-0.4, -0.2) is 35.4 Å². The second kappa shape index (κ2) is 5.85. The average molecular weight is 222 g/mol. The molecule has 0 aromatic carbocycles. The minimum Gasteiger partial charge on any atom is -0.357 e. The fourth-order valence-electron chi connectivity index (χ4n) is 1.56. The van der Waals surface area contributed by atoms with Crippen LogP contribution >= 0.6 is 0 Å². The molecular formula is C13H22N2O. The second-order valence-electron chi connectivity index (χ2n) is 4.91. The van der Waals surface area contributed by atoms with E-state index in [9.17, 15) is 4.79 Å². The number of hydrogen-bond donors (Lipinski definition) is 0. The van der Waals surface area contributed by atoms with Crippen LogP contribution in [-0.2, 0) is 7.05 Å². The van der Waals surface area contributed by atoms with Crippen molar-refractivity contribution >= 4 is 5.78 Å². The van der Waals surface area contributed by atoms with Crippen LogP contribution in [0, 0.1) is 5.92 Å². The van der Waals surface area contributed by atoms with E-state index in [-0.39, 0.29) is 5.78 Å². The van der Waals surface area contributed by atoms with E-state index in [1.165, 1.54) is 0 Å². The van der Waals surface area contributed by atoms with Crippen molar-refractivity contribution in [2.24, 2.45) is 13.0 Å². The quantitative estimate of drug-likeness (QED) is 0.689. The van der Waals surface area contributed by atoms with Gasteiger partial charge < -0.3 is 4.57 Å². The number of rotatable bonds is 6. The van der Waals surface area contributed by atoms with Gasteiger partial charge in [-0.15, -0.1) is 0 Å². The Labute approximate surface area is 98.1 Å². The van der Waals surface area contributed by atoms with Crippen molar-refractivity contribution in [2.45, 2.75) is 20.3 Å². The molecule has 3 nitrogen and oxygen atoms in total. The number of aromatic nitrogens is 1. The van der Waals surface area contributed by atoms with Gasteiger partial charge >= 0.3 is 0 Å². The molecule has 0 fully saturated rings. The van der Waals surface area contributed by atoms with Crippen LogP contribution in [0.4, 0.5) is 0 Å². The van der Waals surface area contributed by atoms with Crippen LogP contribution in [0.1, 0.15) is 30.6 Å². The molecule has 0 unspecified atom stereocenters. The number of nitrogens with zero attached hydrogens (tertiary/aromatic N) is 2. The summed E-state index contributed by atoms with van der Waals surface area (Å²) in [5.41, 5.74) is 0.805. The van der Waals surface area contributed by atoms with E-state index in [4.69, 9.17) is 0 Å². The predicted octanol–water partition coefficient (Wildman–Crippen LogP) is 2.19. The van der Waals surface area contributed by atoms with E-state index >= 15 is 0 Å². The molecule has 3 heteroatoms. The Morgan fingerprint density at radius 1 is 1.50 bits per heavy atom. The molecule has 0 atom stereocenters. The van der Waals surface area contributed by atoms with E-state index in [0.29, 0.717) is 12.5 Å². The van der Waals surface area contributed by atoms with Gasteiger partial charge in [-0.05, 0) is 32.0 Å². The summed E-state index contributed by atoms with van der Waals surface area (Å²) in [5, 5.41) is 0. The Balaban J connectivity index is 2.39. The number of hydrogen-bond acceptors (Lipinski definition) is 2. The smallest absolute Gasteiger partial charge is 0.178 e. The lowest BCUT2D eigenvalue weighted by Crippen LogP contribution is -2.27. The number of Topliss-reactive ketones (excluding diaryl/α,β-unsaturated/α-hetero) is 1. The highest BCUT2D eigenvalue weighted by molar-refractivity contribution is 5.97. The molecular weight excluding hydrogens is 200 g/mol. The Hall–Kier alpha value is -1.09. The van der Waals surface area contributed by atoms with Crippen LogP contribution in [0.15, 0.2) is 18.5 Å². The molecule has 0 saturated carbocycles. The largest absolute Gasteiger partial charge is 0.357 e. The maximum atomic E-state index is 11.9. The molecule has 1 rings (SSSR count). The van der Waals surface area contributed by atoms with E-state index < -0.39 is 0 Å². The Morgan fingerprint density at radius 3 is 2.69 bits per heavy atom. The van der Waals surface area contributed by atoms with Crippen LogP contribution < -0.4 is 0 Å². The number of carbonyl (C=O) groups excluding carboxylic acids is 1. The zero-order valence-electron chi connectivity index (χ0n) is 10.7. The topological polar surface area (TPSA) is 25.2 Å². The van der Waals surface area contributed by atoms with Gasteiger partial charge in [0.25, 0.3) is 0 Å². The van der Waals surface area contributed by atoms with Crippen LogP contribution in [0.25, 0.3) is 0 Å². The van der Waals surface area contributed by atoms with Crippen molar-refractivity contribution in [2.75, 3.05) is 20.1 Å². The third-order valence-corrected chi connectivity index (χ3v) is 2.66. The highest BCUT2D eigenvalue weighted by Crippen LogP contribution is 2.04. The van der Waals surface area contributed by atoms with E-state index in [0.717, 1.165) is 18.5 Å². The van der Waals surface area contributed by atoms with Gasteiger partial charge in [0.15, 0.2) is 5.78 Å². The molecule has 90 valence electrons. The Bertz CT molecular complexity index is 341. The van der Waals surface area contributed by atoms with Gasteiger partial charge in [0.1, 0.15) is 0 Å². The van der Waals surface area contributed by atoms with Crippen LogP contribution in [0.5, 0.6) is 0 Å². The first-order chi connectivity index (χ1) is 7.49. The molecule has 1 aromatic rings. The van der Waals surface area contributed by atoms with E-state index in [1.54, 1.807) is 0 Å². The first-order valence-electron chi connectivity index (χ1n) is 5.82. The first kappa shape index (κ1) is 13.0. The molecule has 1 heterocycles. The summed E-state index contributed by atoms with van der Waals surface area (Å²) in [5.74, 6) is 0.890. The number of aryl methyl sites for hydroxylation is 1. The molecule has 0 aliphatic rings. The summed E-state index contributed by atoms with van der Waals surface area (Å²) in [6, 6.07) is 1.87. The highest BCUT2D eigenvalue weighted by Gasteiger charge is 2.10. The van der Waals surface area contributed by atoms with Crippen LogP contribution in [0.2, 0.25) is 0 Å². The van der Waals surface area contributed by atoms with Crippen molar-refractivity contribution < 1.29 is 4.79 Å². The molecule has 0 N–H and O–H groups in total. The SMILES string of the molecule is CC(C)CCN(C)CC(=O)c1ccn(C)c1. The summed E-state index contributed by atoms with van der Waals surface area (Å²) in [6.45, 7) is 5.90. The first-order valence-corrected chi connectivity index (χ1v) is 5.82. The standard InChI is InChI=1S/C13H22N2O/c1-11(2)5-7-15(4)10-13(16)12-6-8-14(3)9-12/h6,8-9,11H,5,7,10H2,1-4H3. The molecule has 16 heavy (non-hydrogen) atoms. The second-order valence-corrected chi connectivity index (χ2v) is 4.91. The van der Waals surface area contributed by atoms with Gasteiger partial charge in [-0.3, -0.25) is 9.69 Å². The summed E-state index contributed by atoms with van der Waals surface area (Å²) in [7, 11) is 3.93. The zero-order chi connectivity index (χ0) is 12.1. The Morgan fingerprint density at radius 2 is 2.19 bits per heavy atom. The lowest BCUT2D eigenvalue weighted by Gasteiger charge is -2.16. The normalized spacial score (nSPS) is 11.4. The molecule has 1 aromatic heterocycles. The Kier molecular flexibility index (Phi) is 4.74. The van der Waals surface area contributed by atoms with Crippen molar-refractivity contribution in [3.63, 3.8) is 0 Å². The summed E-state index contributed by atoms with van der Waals surface area (Å²) in [4.78, 5) is 14.0. The van der Waals surface area contributed by atoms with Gasteiger partial charge in [0.2, 0.25) is 0 Å². The molecule has 0 amide bonds. The molecule has 0 bridgehead atoms. The van der Waals surface area contributed by atoms with Crippen molar-refractivity contribution in [1.29, 1.82) is 0 Å². The predicted molar refractivity (Wildman–Crippen MR) is 66.7 cm³/mol. The number of carbonyl (C=O) groups is 1. The summed E-state index contributed by atoms with van der Waals surface area (Å²) >= 11 is 0. The lowest BCUT2D eigenvalue weighted by atomic mass is 10.1. The molecule has 0 aliphatic heterocycles. The fraction of sp³-hybridized carbons (Fsp3) is 0.615. The molecule has 0 saturated heterocycles. The highest BCUT2D eigenvalue weighted by atomic mass is 16.1. The zero-order valence-corrected chi connectivity index (χ0v) is 10.7. The van der Waals surface area contributed by atoms with Gasteiger partial charge in [0.05, 0.1) is 6.54 Å². The summed E-state index contributed by atoms with van der Waals surface area (Å²) < 4.78 is 1.90. The monoisotopic (exact) mass is 222 g/mol. The maximum Gasteiger partial charge on any atom is 0.178 e. The maximum absolute atomic E-state index is 11.9. The number of likely N-dealkylation sites (N-methyl/N-ethyl adjacent to an activating group) is 1. The minimum absolute atomic E-state index is 0.201. The lowest BCUT2D eigenvalue weighted by molar-refractivity contribution is 0.0944. The van der Waals surface area contributed by atoms with Crippen LogP contribution in [0.3, 0.4) is 0 Å². The van der Waals surface area contributed by atoms with Gasteiger partial charge in [0, 0.05) is 25.0 Å². The third-order valence-electron chi connectivity index (χ3n) is 2.66. The molecule has 0 radical (unpaired) electrons. The molecule has 0 aliphatic carbocycles.